The van der Waals surface area contributed by atoms with Crippen LogP contribution in [0.4, 0.5) is 0 Å². The monoisotopic (exact) mass is 192 g/mol. The summed E-state index contributed by atoms with van der Waals surface area (Å²) in [5.41, 5.74) is 2.77. The topological polar surface area (TPSA) is 20.2 Å². The van der Waals surface area contributed by atoms with E-state index in [1.807, 2.05) is 13.8 Å². The molecule has 0 spiro atoms. The van der Waals surface area contributed by atoms with Crippen LogP contribution in [0.3, 0.4) is 0 Å². The largest absolute Gasteiger partial charge is 0.396 e. The van der Waals surface area contributed by atoms with E-state index in [0.717, 1.165) is 6.42 Å². The molecule has 0 amide bonds. The Kier molecular flexibility index (Phi) is 4.15. The third kappa shape index (κ3) is 1.98. The molecule has 0 aromatic heterocycles. The van der Waals surface area contributed by atoms with Gasteiger partial charge in [-0.25, -0.2) is 0 Å². The highest BCUT2D eigenvalue weighted by atomic mass is 16.3. The smallest absolute Gasteiger partial charge is 0.0502 e. The predicted molar refractivity (Wildman–Crippen MR) is 60.5 cm³/mol. The molecule has 1 aliphatic carbocycles. The Labute approximate surface area is 86.8 Å². The molecule has 0 fully saturated rings. The van der Waals surface area contributed by atoms with E-state index in [-0.39, 0.29) is 6.61 Å². The van der Waals surface area contributed by atoms with E-state index in [0.29, 0.717) is 11.8 Å². The highest BCUT2D eigenvalue weighted by Crippen LogP contribution is 2.36. The predicted octanol–water partition coefficient (Wildman–Crippen LogP) is 2.98. The van der Waals surface area contributed by atoms with Gasteiger partial charge in [0, 0.05) is 5.92 Å². The Morgan fingerprint density at radius 2 is 1.93 bits per heavy atom. The molecule has 0 aliphatic heterocycles. The van der Waals surface area contributed by atoms with Gasteiger partial charge >= 0.3 is 0 Å². The number of fused-ring (bicyclic) bond motifs is 1. The molecular formula is C13H20O. The molecule has 1 nitrogen and oxygen atoms in total. The molecule has 1 N–H and O–H groups in total. The van der Waals surface area contributed by atoms with Crippen LogP contribution in [0, 0.1) is 5.92 Å². The normalized spacial score (nSPS) is 23.7. The molecule has 1 heteroatoms. The average molecular weight is 192 g/mol. The minimum absolute atomic E-state index is 0.290. The molecule has 1 unspecified atom stereocenters. The third-order valence-corrected chi connectivity index (χ3v) is 2.88. The van der Waals surface area contributed by atoms with Crippen LogP contribution >= 0.6 is 0 Å². The number of rotatable bonds is 1. The lowest BCUT2D eigenvalue weighted by Gasteiger charge is -2.12. The third-order valence-electron chi connectivity index (χ3n) is 2.88. The zero-order valence-electron chi connectivity index (χ0n) is 9.33. The molecule has 14 heavy (non-hydrogen) atoms. The van der Waals surface area contributed by atoms with Crippen LogP contribution in [0.25, 0.3) is 0 Å². The van der Waals surface area contributed by atoms with Crippen LogP contribution in [0.15, 0.2) is 24.3 Å². The van der Waals surface area contributed by atoms with Gasteiger partial charge in [-0.15, -0.1) is 0 Å². The van der Waals surface area contributed by atoms with Crippen molar-refractivity contribution in [2.24, 2.45) is 5.92 Å². The summed E-state index contributed by atoms with van der Waals surface area (Å²) in [4.78, 5) is 0. The molecule has 0 saturated carbocycles. The summed E-state index contributed by atoms with van der Waals surface area (Å²) in [5, 5.41) is 9.18. The first-order valence-electron chi connectivity index (χ1n) is 5.51. The molecule has 2 atom stereocenters. The zero-order chi connectivity index (χ0) is 10.6. The first-order chi connectivity index (χ1) is 6.83. The van der Waals surface area contributed by atoms with E-state index in [9.17, 15) is 5.11 Å². The van der Waals surface area contributed by atoms with E-state index in [2.05, 4.69) is 31.2 Å². The van der Waals surface area contributed by atoms with Gasteiger partial charge in [-0.3, -0.25) is 0 Å². The number of aliphatic hydroxyl groups excluding tert-OH is 1. The first kappa shape index (κ1) is 11.3. The van der Waals surface area contributed by atoms with Gasteiger partial charge in [0.15, 0.2) is 0 Å². The fourth-order valence-corrected chi connectivity index (χ4v) is 2.16. The second-order valence-corrected chi connectivity index (χ2v) is 3.67. The van der Waals surface area contributed by atoms with Gasteiger partial charge in [-0.1, -0.05) is 45.0 Å². The quantitative estimate of drug-likeness (QED) is 0.725. The maximum Gasteiger partial charge on any atom is 0.0502 e. The molecule has 2 rings (SSSR count). The molecule has 0 heterocycles. The Hall–Kier alpha value is -0.820. The van der Waals surface area contributed by atoms with Crippen molar-refractivity contribution in [3.8, 4) is 0 Å². The van der Waals surface area contributed by atoms with Crippen LogP contribution in [0.1, 0.15) is 37.8 Å². The maximum absolute atomic E-state index is 9.18. The van der Waals surface area contributed by atoms with E-state index >= 15 is 0 Å². The van der Waals surface area contributed by atoms with Crippen molar-refractivity contribution in [2.45, 2.75) is 33.1 Å². The zero-order valence-corrected chi connectivity index (χ0v) is 9.33. The van der Waals surface area contributed by atoms with E-state index in [4.69, 9.17) is 0 Å². The highest BCUT2D eigenvalue weighted by molar-refractivity contribution is 5.35. The van der Waals surface area contributed by atoms with E-state index < -0.39 is 0 Å². The van der Waals surface area contributed by atoms with Gasteiger partial charge in [0.2, 0.25) is 0 Å². The molecule has 0 saturated heterocycles. The second-order valence-electron chi connectivity index (χ2n) is 3.67. The van der Waals surface area contributed by atoms with Crippen LogP contribution in [0.2, 0.25) is 0 Å². The molecule has 0 radical (unpaired) electrons. The lowest BCUT2D eigenvalue weighted by atomic mass is 9.95. The molecule has 1 aromatic rings. The Bertz CT molecular complexity index is 280. The van der Waals surface area contributed by atoms with Gasteiger partial charge in [0.25, 0.3) is 0 Å². The molecular weight excluding hydrogens is 172 g/mol. The fourth-order valence-electron chi connectivity index (χ4n) is 2.16. The first-order valence-corrected chi connectivity index (χ1v) is 5.51. The van der Waals surface area contributed by atoms with Crippen molar-refractivity contribution in [3.63, 3.8) is 0 Å². The molecule has 78 valence electrons. The number of benzene rings is 1. The minimum atomic E-state index is 0.290. The summed E-state index contributed by atoms with van der Waals surface area (Å²) in [6, 6.07) is 8.44. The van der Waals surface area contributed by atoms with Gasteiger partial charge in [-0.2, -0.15) is 0 Å². The van der Waals surface area contributed by atoms with Crippen molar-refractivity contribution >= 4 is 0 Å². The maximum atomic E-state index is 9.18. The molecule has 1 aliphatic rings. The minimum Gasteiger partial charge on any atom is -0.396 e. The Morgan fingerprint density at radius 3 is 2.57 bits per heavy atom. The standard InChI is InChI=1S/C11H14O.C2H6/c1-8-6-9-4-2-3-5-10(9)11(8)7-12;1-2/h2-5,8,11-12H,6-7H2,1H3;1-2H3/t8?,11-;/m0./s1. The highest BCUT2D eigenvalue weighted by Gasteiger charge is 2.27. The van der Waals surface area contributed by atoms with Crippen LogP contribution in [-0.4, -0.2) is 11.7 Å². The van der Waals surface area contributed by atoms with Crippen LogP contribution in [-0.2, 0) is 6.42 Å². The SMILES string of the molecule is CC.CC1Cc2ccccc2[C@H]1CO. The van der Waals surface area contributed by atoms with Crippen molar-refractivity contribution in [3.05, 3.63) is 35.4 Å². The average Bonchev–Trinajstić information content (AvgIpc) is 2.56. The van der Waals surface area contributed by atoms with Crippen molar-refractivity contribution in [1.82, 2.24) is 0 Å². The summed E-state index contributed by atoms with van der Waals surface area (Å²) < 4.78 is 0. The summed E-state index contributed by atoms with van der Waals surface area (Å²) in [7, 11) is 0. The Morgan fingerprint density at radius 1 is 1.29 bits per heavy atom. The van der Waals surface area contributed by atoms with Crippen molar-refractivity contribution in [1.29, 1.82) is 0 Å². The lowest BCUT2D eigenvalue weighted by Crippen LogP contribution is -2.07. The van der Waals surface area contributed by atoms with Crippen molar-refractivity contribution in [2.75, 3.05) is 6.61 Å². The summed E-state index contributed by atoms with van der Waals surface area (Å²) in [6.45, 7) is 6.50. The van der Waals surface area contributed by atoms with Gasteiger partial charge in [-0.05, 0) is 23.5 Å². The van der Waals surface area contributed by atoms with Gasteiger partial charge in [0.1, 0.15) is 0 Å². The number of aliphatic hydroxyl groups is 1. The van der Waals surface area contributed by atoms with Crippen LogP contribution in [0.5, 0.6) is 0 Å². The molecule has 0 bridgehead atoms. The lowest BCUT2D eigenvalue weighted by molar-refractivity contribution is 0.240. The van der Waals surface area contributed by atoms with Gasteiger partial charge in [0.05, 0.1) is 6.61 Å². The molecule has 1 aromatic carbocycles. The number of hydrogen-bond donors (Lipinski definition) is 1. The summed E-state index contributed by atoms with van der Waals surface area (Å²) in [6.07, 6.45) is 1.13. The fraction of sp³-hybridized carbons (Fsp3) is 0.538. The van der Waals surface area contributed by atoms with E-state index in [1.54, 1.807) is 0 Å². The summed E-state index contributed by atoms with van der Waals surface area (Å²) in [5.74, 6) is 0.980. The van der Waals surface area contributed by atoms with Gasteiger partial charge < -0.3 is 5.11 Å². The second kappa shape index (κ2) is 5.16. The van der Waals surface area contributed by atoms with E-state index in [1.165, 1.54) is 11.1 Å². The summed E-state index contributed by atoms with van der Waals surface area (Å²) >= 11 is 0. The Balaban J connectivity index is 0.000000461. The van der Waals surface area contributed by atoms with Crippen LogP contribution < -0.4 is 0 Å². The number of hydrogen-bond acceptors (Lipinski definition) is 1. The van der Waals surface area contributed by atoms with Crippen molar-refractivity contribution < 1.29 is 5.11 Å².